The second kappa shape index (κ2) is 4.37. The summed E-state index contributed by atoms with van der Waals surface area (Å²) in [6, 6.07) is 0. The molecule has 0 saturated carbocycles. The van der Waals surface area contributed by atoms with Crippen LogP contribution in [0.3, 0.4) is 0 Å². The van der Waals surface area contributed by atoms with Crippen molar-refractivity contribution in [1.29, 1.82) is 0 Å². The highest BCUT2D eigenvalue weighted by molar-refractivity contribution is 6.00. The lowest BCUT2D eigenvalue weighted by Crippen LogP contribution is -2.41. The van der Waals surface area contributed by atoms with Gasteiger partial charge in [-0.1, -0.05) is 0 Å². The molecule has 0 aromatic heterocycles. The van der Waals surface area contributed by atoms with Crippen molar-refractivity contribution in [3.8, 4) is 0 Å². The van der Waals surface area contributed by atoms with E-state index in [9.17, 15) is 9.59 Å². The summed E-state index contributed by atoms with van der Waals surface area (Å²) in [5, 5.41) is 2.92. The van der Waals surface area contributed by atoms with Gasteiger partial charge in [0.05, 0.1) is 12.6 Å². The third-order valence-electron chi connectivity index (χ3n) is 1.93. The molecular weight excluding hydrogens is 170 g/mol. The molecule has 0 amide bonds. The maximum Gasteiger partial charge on any atom is 0.316 e. The molecule has 0 radical (unpaired) electrons. The summed E-state index contributed by atoms with van der Waals surface area (Å²) in [5.74, 6) is -0.970. The van der Waals surface area contributed by atoms with Gasteiger partial charge in [0.25, 0.3) is 0 Å². The van der Waals surface area contributed by atoms with Crippen LogP contribution in [0.15, 0.2) is 0 Å². The Labute approximate surface area is 77.6 Å². The Balaban J connectivity index is 2.49. The highest BCUT2D eigenvalue weighted by Gasteiger charge is 2.30. The van der Waals surface area contributed by atoms with E-state index in [2.05, 4.69) is 5.32 Å². The Bertz CT molecular complexity index is 213. The van der Waals surface area contributed by atoms with Crippen molar-refractivity contribution in [2.75, 3.05) is 13.1 Å². The first-order valence-electron chi connectivity index (χ1n) is 4.55. The summed E-state index contributed by atoms with van der Waals surface area (Å²) in [4.78, 5) is 22.6. The molecule has 4 nitrogen and oxygen atoms in total. The van der Waals surface area contributed by atoms with Gasteiger partial charge in [0, 0.05) is 0 Å². The van der Waals surface area contributed by atoms with E-state index in [4.69, 9.17) is 4.74 Å². The molecule has 13 heavy (non-hydrogen) atoms. The molecule has 1 fully saturated rings. The number of piperidine rings is 1. The minimum Gasteiger partial charge on any atom is -0.462 e. The van der Waals surface area contributed by atoms with Crippen LogP contribution in [0.4, 0.5) is 0 Å². The molecule has 1 heterocycles. The van der Waals surface area contributed by atoms with Crippen LogP contribution >= 0.6 is 0 Å². The second-order valence-electron chi connectivity index (χ2n) is 3.47. The number of esters is 1. The molecule has 1 aliphatic rings. The zero-order valence-corrected chi connectivity index (χ0v) is 8.00. The third kappa shape index (κ3) is 2.81. The number of carbonyl (C=O) groups excluding carboxylic acids is 2. The molecule has 0 aromatic carbocycles. The predicted octanol–water partition coefficient (Wildman–Crippen LogP) is 0.117. The maximum atomic E-state index is 11.3. The Hall–Kier alpha value is -0.900. The first-order chi connectivity index (χ1) is 6.11. The van der Waals surface area contributed by atoms with Gasteiger partial charge in [0.15, 0.2) is 5.78 Å². The van der Waals surface area contributed by atoms with Gasteiger partial charge in [-0.2, -0.15) is 0 Å². The molecule has 4 heteroatoms. The van der Waals surface area contributed by atoms with Crippen LogP contribution in [0, 0.1) is 5.92 Å². The summed E-state index contributed by atoms with van der Waals surface area (Å²) in [6.45, 7) is 4.56. The fourth-order valence-electron chi connectivity index (χ4n) is 1.31. The van der Waals surface area contributed by atoms with Crippen molar-refractivity contribution in [3.05, 3.63) is 0 Å². The van der Waals surface area contributed by atoms with Crippen LogP contribution in [0.5, 0.6) is 0 Å². The number of ether oxygens (including phenoxy) is 1. The molecule has 0 bridgehead atoms. The van der Waals surface area contributed by atoms with Crippen LogP contribution in [0.1, 0.15) is 20.3 Å². The zero-order valence-electron chi connectivity index (χ0n) is 8.00. The Morgan fingerprint density at radius 1 is 1.62 bits per heavy atom. The van der Waals surface area contributed by atoms with Crippen LogP contribution < -0.4 is 5.32 Å². The van der Waals surface area contributed by atoms with E-state index in [0.29, 0.717) is 13.0 Å². The quantitative estimate of drug-likeness (QED) is 0.490. The van der Waals surface area contributed by atoms with Crippen molar-refractivity contribution in [3.63, 3.8) is 0 Å². The number of Topliss-reactive ketones (excluding diaryl/α,β-unsaturated/α-hetero) is 1. The minimum atomic E-state index is -0.538. The number of hydrogen-bond donors (Lipinski definition) is 1. The van der Waals surface area contributed by atoms with E-state index in [1.54, 1.807) is 13.8 Å². The number of hydrogen-bond acceptors (Lipinski definition) is 4. The van der Waals surface area contributed by atoms with Gasteiger partial charge >= 0.3 is 5.97 Å². The van der Waals surface area contributed by atoms with Crippen molar-refractivity contribution in [1.82, 2.24) is 5.32 Å². The van der Waals surface area contributed by atoms with E-state index in [0.717, 1.165) is 0 Å². The van der Waals surface area contributed by atoms with Gasteiger partial charge in [0.2, 0.25) is 0 Å². The van der Waals surface area contributed by atoms with Crippen molar-refractivity contribution in [2.24, 2.45) is 5.92 Å². The normalized spacial score (nSPS) is 23.3. The first-order valence-corrected chi connectivity index (χ1v) is 4.55. The summed E-state index contributed by atoms with van der Waals surface area (Å²) >= 11 is 0. The van der Waals surface area contributed by atoms with Gasteiger partial charge in [-0.15, -0.1) is 0 Å². The summed E-state index contributed by atoms with van der Waals surface area (Å²) in [7, 11) is 0. The molecule has 1 saturated heterocycles. The maximum absolute atomic E-state index is 11.3. The lowest BCUT2D eigenvalue weighted by atomic mass is 9.97. The van der Waals surface area contributed by atoms with Crippen molar-refractivity contribution in [2.45, 2.75) is 26.4 Å². The second-order valence-corrected chi connectivity index (χ2v) is 3.47. The van der Waals surface area contributed by atoms with Gasteiger partial charge in [-0.25, -0.2) is 0 Å². The Morgan fingerprint density at radius 3 is 2.85 bits per heavy atom. The number of ketones is 1. The van der Waals surface area contributed by atoms with Gasteiger partial charge < -0.3 is 10.1 Å². The van der Waals surface area contributed by atoms with Crippen molar-refractivity contribution < 1.29 is 14.3 Å². The van der Waals surface area contributed by atoms with Crippen LogP contribution in [0.2, 0.25) is 0 Å². The van der Waals surface area contributed by atoms with Gasteiger partial charge in [-0.3, -0.25) is 9.59 Å². The van der Waals surface area contributed by atoms with Gasteiger partial charge in [-0.05, 0) is 26.8 Å². The third-order valence-corrected chi connectivity index (χ3v) is 1.93. The molecule has 1 rings (SSSR count). The largest absolute Gasteiger partial charge is 0.462 e. The average Bonchev–Trinajstić information content (AvgIpc) is 2.03. The fraction of sp³-hybridized carbons (Fsp3) is 0.778. The highest BCUT2D eigenvalue weighted by Crippen LogP contribution is 2.11. The van der Waals surface area contributed by atoms with Crippen LogP contribution in [-0.2, 0) is 14.3 Å². The Morgan fingerprint density at radius 2 is 2.31 bits per heavy atom. The molecule has 0 spiro atoms. The number of carbonyl (C=O) groups is 2. The lowest BCUT2D eigenvalue weighted by Gasteiger charge is -2.20. The van der Waals surface area contributed by atoms with E-state index in [1.807, 2.05) is 0 Å². The van der Waals surface area contributed by atoms with E-state index >= 15 is 0 Å². The fourth-order valence-corrected chi connectivity index (χ4v) is 1.31. The SMILES string of the molecule is CC(C)OC(=O)C1CCNCC1=O. The average molecular weight is 185 g/mol. The summed E-state index contributed by atoms with van der Waals surface area (Å²) in [6.07, 6.45) is 0.417. The molecular formula is C9H15NO3. The summed E-state index contributed by atoms with van der Waals surface area (Å²) < 4.78 is 4.97. The van der Waals surface area contributed by atoms with Crippen molar-refractivity contribution >= 4 is 11.8 Å². The topological polar surface area (TPSA) is 55.4 Å². The molecule has 1 N–H and O–H groups in total. The molecule has 1 atom stereocenters. The number of rotatable bonds is 2. The smallest absolute Gasteiger partial charge is 0.316 e. The molecule has 0 aliphatic carbocycles. The zero-order chi connectivity index (χ0) is 9.84. The van der Waals surface area contributed by atoms with E-state index in [1.165, 1.54) is 0 Å². The highest BCUT2D eigenvalue weighted by atomic mass is 16.5. The first kappa shape index (κ1) is 10.2. The molecule has 1 unspecified atom stereocenters. The van der Waals surface area contributed by atoms with Gasteiger partial charge in [0.1, 0.15) is 5.92 Å². The molecule has 0 aromatic rings. The van der Waals surface area contributed by atoms with E-state index < -0.39 is 5.92 Å². The lowest BCUT2D eigenvalue weighted by molar-refractivity contribution is -0.156. The van der Waals surface area contributed by atoms with E-state index in [-0.39, 0.29) is 24.4 Å². The van der Waals surface area contributed by atoms with Crippen LogP contribution in [0.25, 0.3) is 0 Å². The molecule has 1 aliphatic heterocycles. The molecule has 74 valence electrons. The number of nitrogens with one attached hydrogen (secondary N) is 1. The van der Waals surface area contributed by atoms with Crippen LogP contribution in [-0.4, -0.2) is 30.9 Å². The monoisotopic (exact) mass is 185 g/mol. The standard InChI is InChI=1S/C9H15NO3/c1-6(2)13-9(12)7-3-4-10-5-8(7)11/h6-7,10H,3-5H2,1-2H3. The predicted molar refractivity (Wildman–Crippen MR) is 47.2 cm³/mol. The minimum absolute atomic E-state index is 0.0584. The summed E-state index contributed by atoms with van der Waals surface area (Å²) in [5.41, 5.74) is 0. The Kier molecular flexibility index (Phi) is 3.42.